The first-order valence-corrected chi connectivity index (χ1v) is 50.2. The van der Waals surface area contributed by atoms with E-state index in [-0.39, 0.29) is 17.8 Å². The molecule has 0 saturated heterocycles. The zero-order valence-electron chi connectivity index (χ0n) is 89.3. The lowest BCUT2D eigenvalue weighted by molar-refractivity contribution is -0.660. The van der Waals surface area contributed by atoms with Crippen LogP contribution in [0.15, 0.2) is 344 Å². The number of aryl methyl sites for hydroxylation is 11. The predicted octanol–water partition coefficient (Wildman–Crippen LogP) is 31.2. The summed E-state index contributed by atoms with van der Waals surface area (Å²) in [6.07, 6.45) is 15.7. The van der Waals surface area contributed by atoms with Crippen molar-refractivity contribution in [2.24, 2.45) is 53.0 Å². The molecule has 0 radical (unpaired) electrons. The minimum atomic E-state index is -1.40. The van der Waals surface area contributed by atoms with E-state index in [0.717, 1.165) is 228 Å². The third-order valence-electron chi connectivity index (χ3n) is 29.3. The normalized spacial score (nSPS) is 14.1. The van der Waals surface area contributed by atoms with Gasteiger partial charge in [-0.1, -0.05) is 211 Å². The van der Waals surface area contributed by atoms with Crippen molar-refractivity contribution in [1.29, 1.82) is 0 Å². The highest BCUT2D eigenvalue weighted by molar-refractivity contribution is 6.20. The molecule has 25 aromatic rings. The van der Waals surface area contributed by atoms with E-state index in [9.17, 15) is 0 Å². The molecule has 2 saturated carbocycles. The van der Waals surface area contributed by atoms with Crippen molar-refractivity contribution in [3.63, 3.8) is 0 Å². The fourth-order valence-electron chi connectivity index (χ4n) is 21.8. The molecule has 27 rings (SSSR count). The maximum absolute atomic E-state index is 8.97. The van der Waals surface area contributed by atoms with Crippen molar-refractivity contribution < 1.29 is 53.1 Å². The van der Waals surface area contributed by atoms with Gasteiger partial charge in [0.2, 0.25) is 45.6 Å². The van der Waals surface area contributed by atoms with E-state index >= 15 is 0 Å². The number of furan rings is 5. The average molecular weight is 1880 g/mol. The Balaban J connectivity index is 0.000000103. The molecule has 143 heavy (non-hydrogen) atoms. The molecule has 12 aromatic carbocycles. The van der Waals surface area contributed by atoms with Gasteiger partial charge < -0.3 is 22.1 Å². The number of para-hydroxylation sites is 3. The highest BCUT2D eigenvalue weighted by Gasteiger charge is 2.29. The number of rotatable bonds is 11. The summed E-state index contributed by atoms with van der Waals surface area (Å²) in [4.78, 5) is 14.2. The summed E-state index contributed by atoms with van der Waals surface area (Å²) in [7, 11) is 10.2. The summed E-state index contributed by atoms with van der Waals surface area (Å²) < 4.78 is 94.6. The van der Waals surface area contributed by atoms with Gasteiger partial charge in [0.05, 0.1) is 27.7 Å². The summed E-state index contributed by atoms with van der Waals surface area (Å²) in [6.45, 7) is 16.5. The van der Waals surface area contributed by atoms with Crippen LogP contribution in [-0.2, 0) is 54.4 Å². The highest BCUT2D eigenvalue weighted by atomic mass is 16.4. The van der Waals surface area contributed by atoms with E-state index in [0.29, 0.717) is 22.7 Å². The number of hydrogen-bond donors (Lipinski definition) is 0. The number of hydrogen-bond acceptors (Lipinski definition) is 8. The average Bonchev–Trinajstić information content (AvgIpc) is 1.60. The Bertz CT molecular complexity index is 9680. The summed E-state index contributed by atoms with van der Waals surface area (Å²) >= 11 is 0. The first kappa shape index (κ1) is 84.1. The number of pyridine rings is 8. The smallest absolute Gasteiger partial charge is 0.227 e. The Morgan fingerprint density at radius 3 is 1.06 bits per heavy atom. The van der Waals surface area contributed by atoms with Crippen LogP contribution in [0.4, 0.5) is 0 Å². The largest absolute Gasteiger partial charge is 0.454 e. The molecule has 0 amide bonds. The third-order valence-corrected chi connectivity index (χ3v) is 29.3. The Morgan fingerprint density at radius 2 is 0.629 bits per heavy atom. The van der Waals surface area contributed by atoms with Crippen LogP contribution in [-0.4, -0.2) is 15.0 Å². The van der Waals surface area contributed by atoms with Crippen molar-refractivity contribution in [3.05, 3.63) is 372 Å². The molecule has 2 fully saturated rings. The van der Waals surface area contributed by atoms with Crippen LogP contribution in [0, 0.1) is 59.3 Å². The molecule has 0 bridgehead atoms. The summed E-state index contributed by atoms with van der Waals surface area (Å²) in [6, 6.07) is 100. The monoisotopic (exact) mass is 1880 g/mol. The molecular weight excluding hydrogens is 1750 g/mol. The summed E-state index contributed by atoms with van der Waals surface area (Å²) in [5.74, 6) is 0.0650. The standard InChI is InChI=1S/C29H29N2O.C28H27N2O.C26H25N2O.C24H20NO.C23H18NO/c1-19-14-28-24(25-17-22-10-6-7-11-26(22)30-29(25)32-28)18-23(19)27-16-21(12-13-31(27)2)15-20-8-4-3-5-9-20;1-18-13-27-23(24-16-21-9-5-6-10-25(21)29-28(24)31-27)17-22(18)26-15-20(11-12-30(26)2)14-19-7-3-4-8-19;1-16(2)11-18-9-10-28(4)24(13-18)20-15-21-22-14-19-7-5-6-8-23(19)27-26(22)29-25(21)12-17(20)3;1-15-12-13-25(3)21(14-15)22-16(2)8-10-20-19-11-9-17-6-4-5-7-18(17)23(19)26-24(20)22;1-15-10-12-19-18-13-11-16-7-3-4-8-17(16)22(18)25-23(19)21(15)20-9-5-6-14-24(20)2/h6-7,10-14,16-18,20H,3-5,8-9,15H2,1-2H3;5-6,9-13,15-17,19H,3-4,7-8,14H2,1-2H3;5-10,12-16H,11H2,1-4H3;4-14H,1-3H3;3-14H,1-2H3/q5*+1/i15D2;14D2;11D2;;. The highest BCUT2D eigenvalue weighted by Crippen LogP contribution is 2.45. The second-order valence-corrected chi connectivity index (χ2v) is 39.7. The van der Waals surface area contributed by atoms with Gasteiger partial charge in [-0.25, -0.2) is 37.8 Å². The van der Waals surface area contributed by atoms with Crippen LogP contribution < -0.4 is 22.8 Å². The molecule has 0 N–H and O–H groups in total. The number of nitrogens with zero attached hydrogens (tertiary/aromatic N) is 8. The second-order valence-electron chi connectivity index (χ2n) is 39.7. The lowest BCUT2D eigenvalue weighted by Crippen LogP contribution is -2.31. The van der Waals surface area contributed by atoms with Gasteiger partial charge in [-0.3, -0.25) is 0 Å². The second kappa shape index (κ2) is 38.0. The zero-order valence-corrected chi connectivity index (χ0v) is 83.3. The van der Waals surface area contributed by atoms with Crippen molar-refractivity contribution in [1.82, 2.24) is 15.0 Å². The fraction of sp³-hybridized carbons (Fsp3) is 0.215. The molecular formula is C130H119N8O5+5. The Kier molecular flexibility index (Phi) is 22.3. The molecule has 704 valence electrons. The Labute approximate surface area is 841 Å². The van der Waals surface area contributed by atoms with E-state index in [4.69, 9.17) is 45.3 Å². The van der Waals surface area contributed by atoms with Gasteiger partial charge in [0.1, 0.15) is 74.3 Å². The van der Waals surface area contributed by atoms with Gasteiger partial charge in [-0.2, -0.15) is 0 Å². The molecule has 0 atom stereocenters. The topological polar surface area (TPSA) is 124 Å². The van der Waals surface area contributed by atoms with Gasteiger partial charge in [0.15, 0.2) is 31.0 Å². The lowest BCUT2D eigenvalue weighted by atomic mass is 9.85. The quantitative estimate of drug-likeness (QED) is 0.117. The van der Waals surface area contributed by atoms with Gasteiger partial charge in [-0.05, 0) is 230 Å². The predicted molar refractivity (Wildman–Crippen MR) is 585 cm³/mol. The molecule has 2 aliphatic rings. The maximum atomic E-state index is 8.97. The molecule has 13 heteroatoms. The maximum Gasteiger partial charge on any atom is 0.227 e. The lowest BCUT2D eigenvalue weighted by Gasteiger charge is -2.21. The van der Waals surface area contributed by atoms with Crippen LogP contribution in [0.25, 0.3) is 221 Å². The minimum Gasteiger partial charge on any atom is -0.454 e. The molecule has 13 heterocycles. The van der Waals surface area contributed by atoms with Crippen molar-refractivity contribution in [2.75, 3.05) is 0 Å². The van der Waals surface area contributed by atoms with Crippen molar-refractivity contribution in [2.45, 2.75) is 132 Å². The minimum absolute atomic E-state index is 0.0857. The molecule has 2 aliphatic carbocycles. The van der Waals surface area contributed by atoms with Crippen LogP contribution >= 0.6 is 0 Å². The van der Waals surface area contributed by atoms with Crippen LogP contribution in [0.3, 0.4) is 0 Å². The number of aromatic nitrogens is 8. The van der Waals surface area contributed by atoms with Gasteiger partial charge in [0, 0.05) is 166 Å². The van der Waals surface area contributed by atoms with E-state index < -0.39 is 19.1 Å². The molecule has 0 unspecified atom stereocenters. The number of fused-ring (bicyclic) bond motifs is 22. The van der Waals surface area contributed by atoms with Gasteiger partial charge in [-0.15, -0.1) is 0 Å². The SMILES string of the molecule is Cc1cc[n+](C)c(-c2c(C)ccc3c2oc2c4ccccc4ccc32)c1.Cc1ccc2c(oc3c4ccccc4ccc23)c1-c1cccc[n+]1C.[2H]C([2H])(c1cc[n+](C)c(-c2cc3c(cc2C)oc2nc4ccccc4cc23)c1)C(C)C.[2H]C([2H])(c1cc[n+](C)c(-c2cc3c(cc2C)oc2nc4ccccc4cc23)c1)C1CCCC1.[2H]C([2H])(c1cc[n+](C)c(-c2cc3c(cc2C)oc2nc4ccccc4cc23)c1)C1CCCCC1. The molecule has 0 spiro atoms. The van der Waals surface area contributed by atoms with Crippen molar-refractivity contribution in [3.8, 4) is 56.3 Å². The van der Waals surface area contributed by atoms with E-state index in [1.54, 1.807) is 0 Å². The van der Waals surface area contributed by atoms with Crippen LogP contribution in [0.1, 0.15) is 130 Å². The first-order chi connectivity index (χ1) is 71.9. The molecule has 0 aliphatic heterocycles. The number of benzene rings is 12. The van der Waals surface area contributed by atoms with E-state index in [1.807, 2.05) is 149 Å². The van der Waals surface area contributed by atoms with Crippen molar-refractivity contribution >= 4 is 164 Å². The first-order valence-electron chi connectivity index (χ1n) is 53.2. The van der Waals surface area contributed by atoms with Gasteiger partial charge >= 0.3 is 0 Å². The van der Waals surface area contributed by atoms with Crippen LogP contribution in [0.5, 0.6) is 0 Å². The third kappa shape index (κ3) is 17.5. The van der Waals surface area contributed by atoms with E-state index in [2.05, 4.69) is 286 Å². The Hall–Kier alpha value is -15.9. The molecule has 13 nitrogen and oxygen atoms in total. The van der Waals surface area contributed by atoms with Gasteiger partial charge in [0.25, 0.3) is 0 Å². The van der Waals surface area contributed by atoms with Crippen LogP contribution in [0.2, 0.25) is 0 Å². The zero-order chi connectivity index (χ0) is 103. The van der Waals surface area contributed by atoms with E-state index in [1.165, 1.54) is 77.6 Å². The Morgan fingerprint density at radius 1 is 0.280 bits per heavy atom. The fourth-order valence-corrected chi connectivity index (χ4v) is 21.8. The summed E-state index contributed by atoms with van der Waals surface area (Å²) in [5.41, 5.74) is 31.2. The summed E-state index contributed by atoms with van der Waals surface area (Å²) in [5, 5.41) is 18.8. The molecule has 13 aromatic heterocycles.